The molecule has 1 aliphatic heterocycles. The molecular formula is C22H22ClN5O4. The van der Waals surface area contributed by atoms with Crippen molar-refractivity contribution in [2.24, 2.45) is 7.05 Å². The van der Waals surface area contributed by atoms with Crippen LogP contribution in [-0.2, 0) is 11.8 Å². The summed E-state index contributed by atoms with van der Waals surface area (Å²) < 4.78 is 7.14. The molecule has 3 aromatic rings. The van der Waals surface area contributed by atoms with Gasteiger partial charge in [-0.3, -0.25) is 14.9 Å². The number of imidazole rings is 1. The Kier molecular flexibility index (Phi) is 6.38. The van der Waals surface area contributed by atoms with Gasteiger partial charge in [-0.25, -0.2) is 4.98 Å². The second-order valence-electron chi connectivity index (χ2n) is 7.41. The van der Waals surface area contributed by atoms with E-state index in [0.29, 0.717) is 42.8 Å². The second-order valence-corrected chi connectivity index (χ2v) is 7.85. The number of rotatable bonds is 6. The number of aromatic nitrogens is 2. The summed E-state index contributed by atoms with van der Waals surface area (Å²) in [5.74, 6) is 0.185. The molecule has 1 amide bonds. The molecule has 1 aromatic heterocycles. The first-order valence-electron chi connectivity index (χ1n) is 10.1. The number of carbonyl (C=O) groups is 1. The van der Waals surface area contributed by atoms with Crippen LogP contribution >= 0.6 is 11.6 Å². The number of morpholine rings is 1. The number of hydrogen-bond acceptors (Lipinski definition) is 6. The Hall–Kier alpha value is -3.43. The van der Waals surface area contributed by atoms with Crippen molar-refractivity contribution >= 4 is 28.9 Å². The molecule has 0 bridgehead atoms. The van der Waals surface area contributed by atoms with Crippen molar-refractivity contribution in [2.45, 2.75) is 6.04 Å². The molecule has 1 unspecified atom stereocenters. The normalized spacial score (nSPS) is 14.8. The number of nitro benzene ring substituents is 1. The van der Waals surface area contributed by atoms with Gasteiger partial charge in [0.05, 0.1) is 18.1 Å². The largest absolute Gasteiger partial charge is 0.378 e. The van der Waals surface area contributed by atoms with Crippen LogP contribution in [0.15, 0.2) is 54.9 Å². The first-order chi connectivity index (χ1) is 15.4. The van der Waals surface area contributed by atoms with Crippen molar-refractivity contribution in [3.63, 3.8) is 0 Å². The minimum Gasteiger partial charge on any atom is -0.378 e. The van der Waals surface area contributed by atoms with E-state index in [9.17, 15) is 14.9 Å². The maximum atomic E-state index is 13.1. The number of nitrogens with one attached hydrogen (secondary N) is 1. The van der Waals surface area contributed by atoms with Gasteiger partial charge >= 0.3 is 0 Å². The average molecular weight is 456 g/mol. The standard InChI is InChI=1S/C22H22ClN5O4/c1-26-9-8-24-21(26)20(15-2-5-17(23)6-3-15)25-22(29)16-4-7-18(19(14-16)28(30)31)27-10-12-32-13-11-27/h2-9,14,20H,10-13H2,1H3,(H,25,29). The van der Waals surface area contributed by atoms with E-state index in [-0.39, 0.29) is 11.3 Å². The van der Waals surface area contributed by atoms with Crippen molar-refractivity contribution < 1.29 is 14.5 Å². The fraction of sp³-hybridized carbons (Fsp3) is 0.273. The number of ether oxygens (including phenoxy) is 1. The molecule has 0 saturated carbocycles. The summed E-state index contributed by atoms with van der Waals surface area (Å²) in [5.41, 5.74) is 1.35. The number of nitro groups is 1. The summed E-state index contributed by atoms with van der Waals surface area (Å²) in [4.78, 5) is 30.7. The van der Waals surface area contributed by atoms with E-state index in [2.05, 4.69) is 10.3 Å². The Bertz CT molecular complexity index is 1130. The Morgan fingerprint density at radius 2 is 1.94 bits per heavy atom. The molecule has 0 aliphatic carbocycles. The Morgan fingerprint density at radius 3 is 2.56 bits per heavy atom. The Morgan fingerprint density at radius 1 is 1.22 bits per heavy atom. The molecule has 1 fully saturated rings. The number of benzene rings is 2. The lowest BCUT2D eigenvalue weighted by Gasteiger charge is -2.28. The van der Waals surface area contributed by atoms with Gasteiger partial charge in [-0.2, -0.15) is 0 Å². The summed E-state index contributed by atoms with van der Waals surface area (Å²) in [6.45, 7) is 2.13. The highest BCUT2D eigenvalue weighted by molar-refractivity contribution is 6.30. The molecule has 1 aliphatic rings. The van der Waals surface area contributed by atoms with Crippen LogP contribution in [0.4, 0.5) is 11.4 Å². The molecule has 9 nitrogen and oxygen atoms in total. The number of nitrogens with zero attached hydrogens (tertiary/aromatic N) is 4. The van der Waals surface area contributed by atoms with Crippen LogP contribution in [0.5, 0.6) is 0 Å². The molecule has 1 N–H and O–H groups in total. The molecule has 0 spiro atoms. The number of aryl methyl sites for hydroxylation is 1. The van der Waals surface area contributed by atoms with Gasteiger partial charge in [0, 0.05) is 49.2 Å². The summed E-state index contributed by atoms with van der Waals surface area (Å²) in [6, 6.07) is 11.1. The molecule has 32 heavy (non-hydrogen) atoms. The maximum Gasteiger partial charge on any atom is 0.293 e. The van der Waals surface area contributed by atoms with Crippen molar-refractivity contribution in [1.82, 2.24) is 14.9 Å². The minimum absolute atomic E-state index is 0.111. The van der Waals surface area contributed by atoms with Crippen LogP contribution in [0.3, 0.4) is 0 Å². The number of hydrogen-bond donors (Lipinski definition) is 1. The lowest BCUT2D eigenvalue weighted by atomic mass is 10.0. The quantitative estimate of drug-likeness (QED) is 0.451. The zero-order valence-corrected chi connectivity index (χ0v) is 18.2. The molecule has 0 radical (unpaired) electrons. The lowest BCUT2D eigenvalue weighted by Crippen LogP contribution is -2.36. The van der Waals surface area contributed by atoms with Crippen molar-refractivity contribution in [3.8, 4) is 0 Å². The fourth-order valence-corrected chi connectivity index (χ4v) is 3.83. The zero-order chi connectivity index (χ0) is 22.7. The Balaban J connectivity index is 1.64. The van der Waals surface area contributed by atoms with E-state index < -0.39 is 16.9 Å². The van der Waals surface area contributed by atoms with Crippen molar-refractivity contribution in [3.05, 3.63) is 86.9 Å². The van der Waals surface area contributed by atoms with Crippen molar-refractivity contribution in [1.29, 1.82) is 0 Å². The topological polar surface area (TPSA) is 103 Å². The van der Waals surface area contributed by atoms with Gasteiger partial charge in [0.15, 0.2) is 0 Å². The number of carbonyl (C=O) groups excluding carboxylic acids is 1. The molecule has 1 atom stereocenters. The SMILES string of the molecule is Cn1ccnc1C(NC(=O)c1ccc(N2CCOCC2)c([N+](=O)[O-])c1)c1ccc(Cl)cc1. The van der Waals surface area contributed by atoms with Crippen LogP contribution in [0.25, 0.3) is 0 Å². The number of amides is 1. The van der Waals surface area contributed by atoms with Crippen LogP contribution < -0.4 is 10.2 Å². The molecular weight excluding hydrogens is 434 g/mol. The van der Waals surface area contributed by atoms with Gasteiger partial charge in [-0.1, -0.05) is 23.7 Å². The highest BCUT2D eigenvalue weighted by Gasteiger charge is 2.26. The van der Waals surface area contributed by atoms with Gasteiger partial charge in [0.2, 0.25) is 0 Å². The van der Waals surface area contributed by atoms with Gasteiger partial charge in [-0.05, 0) is 29.8 Å². The van der Waals surface area contributed by atoms with E-state index in [4.69, 9.17) is 16.3 Å². The fourth-order valence-electron chi connectivity index (χ4n) is 3.70. The van der Waals surface area contributed by atoms with Gasteiger partial charge in [0.25, 0.3) is 11.6 Å². The van der Waals surface area contributed by atoms with Crippen LogP contribution in [0.2, 0.25) is 5.02 Å². The van der Waals surface area contributed by atoms with E-state index >= 15 is 0 Å². The smallest absolute Gasteiger partial charge is 0.293 e. The van der Waals surface area contributed by atoms with Crippen LogP contribution in [-0.4, -0.2) is 46.7 Å². The average Bonchev–Trinajstić information content (AvgIpc) is 3.23. The molecule has 1 saturated heterocycles. The number of anilines is 1. The van der Waals surface area contributed by atoms with Crippen LogP contribution in [0.1, 0.15) is 27.8 Å². The third kappa shape index (κ3) is 4.58. The molecule has 166 valence electrons. The second kappa shape index (κ2) is 9.37. The first-order valence-corrected chi connectivity index (χ1v) is 10.5. The maximum absolute atomic E-state index is 13.1. The minimum atomic E-state index is -0.558. The van der Waals surface area contributed by atoms with Gasteiger partial charge in [0.1, 0.15) is 17.6 Å². The lowest BCUT2D eigenvalue weighted by molar-refractivity contribution is -0.384. The zero-order valence-electron chi connectivity index (χ0n) is 17.4. The highest BCUT2D eigenvalue weighted by atomic mass is 35.5. The number of halogens is 1. The highest BCUT2D eigenvalue weighted by Crippen LogP contribution is 2.30. The van der Waals surface area contributed by atoms with Gasteiger partial charge in [-0.15, -0.1) is 0 Å². The third-order valence-electron chi connectivity index (χ3n) is 5.38. The summed E-state index contributed by atoms with van der Waals surface area (Å²) in [5, 5.41) is 15.3. The predicted octanol–water partition coefficient (Wildman–Crippen LogP) is 3.34. The van der Waals surface area contributed by atoms with E-state index in [0.717, 1.165) is 5.56 Å². The predicted molar refractivity (Wildman–Crippen MR) is 120 cm³/mol. The summed E-state index contributed by atoms with van der Waals surface area (Å²) in [6.07, 6.45) is 3.43. The van der Waals surface area contributed by atoms with E-state index in [1.807, 2.05) is 28.6 Å². The van der Waals surface area contributed by atoms with Crippen molar-refractivity contribution in [2.75, 3.05) is 31.2 Å². The molecule has 2 aromatic carbocycles. The third-order valence-corrected chi connectivity index (χ3v) is 5.63. The van der Waals surface area contributed by atoms with E-state index in [1.165, 1.54) is 6.07 Å². The van der Waals surface area contributed by atoms with Crippen LogP contribution in [0, 0.1) is 10.1 Å². The summed E-state index contributed by atoms with van der Waals surface area (Å²) >= 11 is 6.02. The van der Waals surface area contributed by atoms with Gasteiger partial charge < -0.3 is 19.5 Å². The Labute approximate surface area is 189 Å². The molecule has 2 heterocycles. The summed E-state index contributed by atoms with van der Waals surface area (Å²) in [7, 11) is 1.83. The monoisotopic (exact) mass is 455 g/mol. The first kappa shape index (κ1) is 21.8. The molecule has 4 rings (SSSR count). The van der Waals surface area contributed by atoms with E-state index in [1.54, 1.807) is 36.7 Å². The molecule has 10 heteroatoms.